The summed E-state index contributed by atoms with van der Waals surface area (Å²) in [7, 11) is 0. The van der Waals surface area contributed by atoms with Crippen LogP contribution >= 0.6 is 0 Å². The third kappa shape index (κ3) is 2.54. The van der Waals surface area contributed by atoms with Crippen LogP contribution in [0, 0.1) is 12.7 Å². The number of benzene rings is 1. The number of carboxylic acids is 1. The molecule has 0 unspecified atom stereocenters. The molecule has 106 valence electrons. The first kappa shape index (κ1) is 14.2. The molecule has 1 heterocycles. The lowest BCUT2D eigenvalue weighted by atomic mass is 9.95. The molecule has 0 aliphatic carbocycles. The zero-order valence-electron chi connectivity index (χ0n) is 11.8. The maximum Gasteiger partial charge on any atom is 0.375 e. The summed E-state index contributed by atoms with van der Waals surface area (Å²) in [5.41, 5.74) is 0.514. The van der Waals surface area contributed by atoms with Gasteiger partial charge in [-0.05, 0) is 24.6 Å². The van der Waals surface area contributed by atoms with Gasteiger partial charge < -0.3 is 5.11 Å². The van der Waals surface area contributed by atoms with E-state index in [1.807, 2.05) is 20.8 Å². The summed E-state index contributed by atoms with van der Waals surface area (Å²) in [5, 5.41) is 12.9. The summed E-state index contributed by atoms with van der Waals surface area (Å²) in [4.78, 5) is 15.0. The number of carboxylic acid groups (broad SMARTS) is 1. The van der Waals surface area contributed by atoms with E-state index < -0.39 is 17.2 Å². The second-order valence-electron chi connectivity index (χ2n) is 5.68. The van der Waals surface area contributed by atoms with Crippen molar-refractivity contribution in [1.29, 1.82) is 0 Å². The predicted octanol–water partition coefficient (Wildman–Crippen LogP) is 2.71. The molecule has 0 saturated carbocycles. The second-order valence-corrected chi connectivity index (χ2v) is 5.68. The zero-order chi connectivity index (χ0) is 15.1. The van der Waals surface area contributed by atoms with Crippen molar-refractivity contribution < 1.29 is 14.3 Å². The van der Waals surface area contributed by atoms with E-state index in [9.17, 15) is 9.18 Å². The lowest BCUT2D eigenvalue weighted by Crippen LogP contribution is -2.19. The van der Waals surface area contributed by atoms with Crippen LogP contribution in [0.5, 0.6) is 0 Å². The van der Waals surface area contributed by atoms with E-state index in [4.69, 9.17) is 5.11 Å². The monoisotopic (exact) mass is 277 g/mol. The Hall–Kier alpha value is -2.24. The van der Waals surface area contributed by atoms with Crippen LogP contribution in [0.3, 0.4) is 0 Å². The highest BCUT2D eigenvalue weighted by molar-refractivity contribution is 5.83. The maximum atomic E-state index is 14.1. The molecule has 1 aromatic heterocycles. The topological polar surface area (TPSA) is 68.0 Å². The first-order chi connectivity index (χ1) is 9.20. The van der Waals surface area contributed by atoms with Crippen LogP contribution in [0.2, 0.25) is 0 Å². The van der Waals surface area contributed by atoms with Gasteiger partial charge in [0.05, 0.1) is 0 Å². The Bertz CT molecular complexity index is 672. The summed E-state index contributed by atoms with van der Waals surface area (Å²) in [6.45, 7) is 7.38. The van der Waals surface area contributed by atoms with E-state index in [0.717, 1.165) is 5.56 Å². The van der Waals surface area contributed by atoms with Gasteiger partial charge in [-0.2, -0.15) is 0 Å². The van der Waals surface area contributed by atoms with Gasteiger partial charge in [0.1, 0.15) is 17.3 Å². The second kappa shape index (κ2) is 4.70. The van der Waals surface area contributed by atoms with Crippen LogP contribution in [-0.2, 0) is 5.41 Å². The Morgan fingerprint density at radius 3 is 2.50 bits per heavy atom. The molecule has 0 atom stereocenters. The molecule has 20 heavy (non-hydrogen) atoms. The van der Waals surface area contributed by atoms with Crippen LogP contribution in [0.4, 0.5) is 4.39 Å². The molecule has 2 aromatic rings. The molecule has 0 aliphatic rings. The van der Waals surface area contributed by atoms with Crippen molar-refractivity contribution >= 4 is 5.97 Å². The lowest BCUT2D eigenvalue weighted by Gasteiger charge is -2.18. The van der Waals surface area contributed by atoms with E-state index in [0.29, 0.717) is 5.82 Å². The van der Waals surface area contributed by atoms with Crippen LogP contribution in [0.15, 0.2) is 18.2 Å². The molecule has 0 aliphatic heterocycles. The van der Waals surface area contributed by atoms with Gasteiger partial charge in [-0.3, -0.25) is 0 Å². The van der Waals surface area contributed by atoms with E-state index in [2.05, 4.69) is 10.1 Å². The van der Waals surface area contributed by atoms with Crippen molar-refractivity contribution in [2.45, 2.75) is 33.1 Å². The van der Waals surface area contributed by atoms with Crippen molar-refractivity contribution in [2.75, 3.05) is 0 Å². The van der Waals surface area contributed by atoms with Gasteiger partial charge in [0.25, 0.3) is 5.82 Å². The summed E-state index contributed by atoms with van der Waals surface area (Å²) in [5.74, 6) is -1.63. The Kier molecular flexibility index (Phi) is 3.33. The molecular weight excluding hydrogens is 261 g/mol. The Morgan fingerprint density at radius 1 is 1.35 bits per heavy atom. The average Bonchev–Trinajstić information content (AvgIpc) is 2.73. The number of aryl methyl sites for hydroxylation is 1. The first-order valence-electron chi connectivity index (χ1n) is 6.17. The van der Waals surface area contributed by atoms with E-state index in [1.54, 1.807) is 19.1 Å². The third-order valence-electron chi connectivity index (χ3n) is 2.80. The van der Waals surface area contributed by atoms with Gasteiger partial charge in [-0.1, -0.05) is 26.8 Å². The number of aromatic nitrogens is 3. The Balaban J connectivity index is 2.69. The fourth-order valence-electron chi connectivity index (χ4n) is 1.84. The molecule has 0 fully saturated rings. The molecule has 6 heteroatoms. The van der Waals surface area contributed by atoms with Gasteiger partial charge in [-0.15, -0.1) is 5.10 Å². The highest BCUT2D eigenvalue weighted by Crippen LogP contribution is 2.25. The number of halogens is 1. The average molecular weight is 277 g/mol. The molecule has 0 radical (unpaired) electrons. The Labute approximate surface area is 116 Å². The molecule has 0 saturated heterocycles. The maximum absolute atomic E-state index is 14.1. The standard InChI is InChI=1S/C14H16FN3O2/c1-8-5-6-10(9(15)7-8)18-13(14(2,3)4)16-11(17-18)12(19)20/h5-7H,1-4H3,(H,19,20). The number of hydrogen-bond acceptors (Lipinski definition) is 3. The number of aromatic carboxylic acids is 1. The zero-order valence-corrected chi connectivity index (χ0v) is 11.8. The van der Waals surface area contributed by atoms with E-state index in [-0.39, 0.29) is 11.5 Å². The predicted molar refractivity (Wildman–Crippen MR) is 71.7 cm³/mol. The highest BCUT2D eigenvalue weighted by atomic mass is 19.1. The first-order valence-corrected chi connectivity index (χ1v) is 6.17. The van der Waals surface area contributed by atoms with Crippen molar-refractivity contribution in [1.82, 2.24) is 14.8 Å². The Morgan fingerprint density at radius 2 is 2.00 bits per heavy atom. The minimum Gasteiger partial charge on any atom is -0.475 e. The van der Waals surface area contributed by atoms with Gasteiger partial charge in [0, 0.05) is 5.41 Å². The van der Waals surface area contributed by atoms with Crippen LogP contribution in [0.1, 0.15) is 42.8 Å². The van der Waals surface area contributed by atoms with Gasteiger partial charge >= 0.3 is 5.97 Å². The van der Waals surface area contributed by atoms with E-state index in [1.165, 1.54) is 10.7 Å². The minimum absolute atomic E-state index is 0.195. The molecule has 0 spiro atoms. The third-order valence-corrected chi connectivity index (χ3v) is 2.80. The molecule has 5 nitrogen and oxygen atoms in total. The number of nitrogens with zero attached hydrogens (tertiary/aromatic N) is 3. The highest BCUT2D eigenvalue weighted by Gasteiger charge is 2.27. The van der Waals surface area contributed by atoms with Crippen LogP contribution in [-0.4, -0.2) is 25.8 Å². The fourth-order valence-corrected chi connectivity index (χ4v) is 1.84. The molecular formula is C14H16FN3O2. The van der Waals surface area contributed by atoms with Crippen molar-refractivity contribution in [3.63, 3.8) is 0 Å². The van der Waals surface area contributed by atoms with Crippen LogP contribution < -0.4 is 0 Å². The van der Waals surface area contributed by atoms with Gasteiger partial charge in [0.15, 0.2) is 0 Å². The summed E-state index contributed by atoms with van der Waals surface area (Å²) >= 11 is 0. The largest absolute Gasteiger partial charge is 0.475 e. The summed E-state index contributed by atoms with van der Waals surface area (Å²) in [6, 6.07) is 4.69. The van der Waals surface area contributed by atoms with Crippen LogP contribution in [0.25, 0.3) is 5.69 Å². The van der Waals surface area contributed by atoms with Crippen molar-refractivity contribution in [3.05, 3.63) is 41.2 Å². The van der Waals surface area contributed by atoms with Gasteiger partial charge in [0.2, 0.25) is 0 Å². The van der Waals surface area contributed by atoms with Gasteiger partial charge in [-0.25, -0.2) is 18.9 Å². The fraction of sp³-hybridized carbons (Fsp3) is 0.357. The molecule has 1 N–H and O–H groups in total. The minimum atomic E-state index is -1.23. The summed E-state index contributed by atoms with van der Waals surface area (Å²) < 4.78 is 15.3. The molecule has 2 rings (SSSR count). The molecule has 0 amide bonds. The molecule has 0 bridgehead atoms. The van der Waals surface area contributed by atoms with Crippen molar-refractivity contribution in [2.24, 2.45) is 0 Å². The van der Waals surface area contributed by atoms with E-state index >= 15 is 0 Å². The summed E-state index contributed by atoms with van der Waals surface area (Å²) in [6.07, 6.45) is 0. The lowest BCUT2D eigenvalue weighted by molar-refractivity contribution is 0.0683. The smallest absolute Gasteiger partial charge is 0.375 e. The quantitative estimate of drug-likeness (QED) is 0.916. The number of hydrogen-bond donors (Lipinski definition) is 1. The SMILES string of the molecule is Cc1ccc(-n2nc(C(=O)O)nc2C(C)(C)C)c(F)c1. The number of rotatable bonds is 2. The normalized spacial score (nSPS) is 11.7. The number of carbonyl (C=O) groups is 1. The molecule has 1 aromatic carbocycles. The van der Waals surface area contributed by atoms with Crippen molar-refractivity contribution in [3.8, 4) is 5.69 Å².